The Bertz CT molecular complexity index is 462. The smallest absolute Gasteiger partial charge is 0.238 e. The van der Waals surface area contributed by atoms with Gasteiger partial charge in [0.25, 0.3) is 0 Å². The summed E-state index contributed by atoms with van der Waals surface area (Å²) >= 11 is 1.78. The minimum Gasteiger partial charge on any atom is -0.351 e. The molecule has 1 aliphatic carbocycles. The molecule has 0 aromatic heterocycles. The zero-order chi connectivity index (χ0) is 14.5. The molecule has 3 rings (SSSR count). The number of rotatable bonds is 4. The zero-order valence-electron chi connectivity index (χ0n) is 12.4. The highest BCUT2D eigenvalue weighted by Gasteiger charge is 2.22. The van der Waals surface area contributed by atoms with Crippen LogP contribution in [0.3, 0.4) is 0 Å². The standard InChI is InChI=1S/C17H24N2OS/c20-17(16-11-21-12-19-16)18-10-13-6-8-15(9-7-13)14-4-2-1-3-5-14/h6-9,14,16,19H,1-5,10-12H2,(H,18,20). The van der Waals surface area contributed by atoms with Crippen molar-refractivity contribution < 1.29 is 4.79 Å². The van der Waals surface area contributed by atoms with Gasteiger partial charge in [-0.3, -0.25) is 10.1 Å². The van der Waals surface area contributed by atoms with Gasteiger partial charge in [-0.1, -0.05) is 43.5 Å². The number of amides is 1. The minimum atomic E-state index is -0.0171. The largest absolute Gasteiger partial charge is 0.351 e. The fourth-order valence-corrected chi connectivity index (χ4v) is 4.16. The summed E-state index contributed by atoms with van der Waals surface area (Å²) in [5.41, 5.74) is 2.66. The lowest BCUT2D eigenvalue weighted by atomic mass is 9.84. The Hall–Kier alpha value is -1.00. The second-order valence-corrected chi connectivity index (χ2v) is 7.10. The number of hydrogen-bond donors (Lipinski definition) is 2. The first-order valence-corrected chi connectivity index (χ1v) is 9.16. The van der Waals surface area contributed by atoms with Crippen molar-refractivity contribution in [2.24, 2.45) is 0 Å². The van der Waals surface area contributed by atoms with Gasteiger partial charge in [-0.15, -0.1) is 11.8 Å². The lowest BCUT2D eigenvalue weighted by Gasteiger charge is -2.22. The van der Waals surface area contributed by atoms with Crippen LogP contribution in [0.4, 0.5) is 0 Å². The van der Waals surface area contributed by atoms with Gasteiger partial charge in [-0.25, -0.2) is 0 Å². The Morgan fingerprint density at radius 1 is 1.19 bits per heavy atom. The lowest BCUT2D eigenvalue weighted by molar-refractivity contribution is -0.122. The molecule has 1 aromatic carbocycles. The molecule has 1 heterocycles. The summed E-state index contributed by atoms with van der Waals surface area (Å²) < 4.78 is 0. The highest BCUT2D eigenvalue weighted by atomic mass is 32.2. The van der Waals surface area contributed by atoms with Crippen molar-refractivity contribution >= 4 is 17.7 Å². The van der Waals surface area contributed by atoms with Gasteiger partial charge in [0.05, 0.1) is 6.04 Å². The summed E-state index contributed by atoms with van der Waals surface area (Å²) in [4.78, 5) is 11.9. The number of hydrogen-bond acceptors (Lipinski definition) is 3. The van der Waals surface area contributed by atoms with Crippen molar-refractivity contribution in [3.63, 3.8) is 0 Å². The number of carbonyl (C=O) groups is 1. The molecule has 2 N–H and O–H groups in total. The van der Waals surface area contributed by atoms with Gasteiger partial charge in [-0.2, -0.15) is 0 Å². The maximum Gasteiger partial charge on any atom is 0.238 e. The fourth-order valence-electron chi connectivity index (χ4n) is 3.22. The van der Waals surface area contributed by atoms with Gasteiger partial charge in [0.2, 0.25) is 5.91 Å². The van der Waals surface area contributed by atoms with Gasteiger partial charge in [0, 0.05) is 18.2 Å². The lowest BCUT2D eigenvalue weighted by Crippen LogP contribution is -2.41. The fraction of sp³-hybridized carbons (Fsp3) is 0.588. The predicted octanol–water partition coefficient (Wildman–Crippen LogP) is 3.01. The Morgan fingerprint density at radius 2 is 1.95 bits per heavy atom. The summed E-state index contributed by atoms with van der Waals surface area (Å²) in [6, 6.07) is 8.82. The molecule has 1 aliphatic heterocycles. The second kappa shape index (κ2) is 7.32. The second-order valence-electron chi connectivity index (χ2n) is 6.07. The van der Waals surface area contributed by atoms with Crippen molar-refractivity contribution in [1.82, 2.24) is 10.6 Å². The molecule has 2 aliphatic rings. The molecule has 4 heteroatoms. The van der Waals surface area contributed by atoms with E-state index < -0.39 is 0 Å². The minimum absolute atomic E-state index is 0.0171. The number of benzene rings is 1. The van der Waals surface area contributed by atoms with Crippen molar-refractivity contribution in [3.05, 3.63) is 35.4 Å². The van der Waals surface area contributed by atoms with Crippen LogP contribution in [-0.2, 0) is 11.3 Å². The molecule has 21 heavy (non-hydrogen) atoms. The van der Waals surface area contributed by atoms with Crippen LogP contribution in [0.25, 0.3) is 0 Å². The molecule has 1 aromatic rings. The Kier molecular flexibility index (Phi) is 5.20. The average molecular weight is 304 g/mol. The van der Waals surface area contributed by atoms with Gasteiger partial charge in [0.15, 0.2) is 0 Å². The maximum atomic E-state index is 11.9. The van der Waals surface area contributed by atoms with Crippen LogP contribution in [-0.4, -0.2) is 23.6 Å². The summed E-state index contributed by atoms with van der Waals surface area (Å²) in [5, 5.41) is 6.22. The van der Waals surface area contributed by atoms with E-state index in [4.69, 9.17) is 0 Å². The molecule has 0 bridgehead atoms. The van der Waals surface area contributed by atoms with Crippen LogP contribution in [0, 0.1) is 0 Å². The van der Waals surface area contributed by atoms with Crippen LogP contribution in [0.15, 0.2) is 24.3 Å². The van der Waals surface area contributed by atoms with Gasteiger partial charge < -0.3 is 5.32 Å². The Balaban J connectivity index is 1.50. The maximum absolute atomic E-state index is 11.9. The van der Waals surface area contributed by atoms with E-state index in [0.717, 1.165) is 17.5 Å². The zero-order valence-corrected chi connectivity index (χ0v) is 13.3. The molecule has 1 atom stereocenters. The molecule has 0 spiro atoms. The molecule has 1 saturated carbocycles. The first kappa shape index (κ1) is 14.9. The molecular weight excluding hydrogens is 280 g/mol. The van der Waals surface area contributed by atoms with Gasteiger partial charge in [-0.05, 0) is 29.9 Å². The Morgan fingerprint density at radius 3 is 2.62 bits per heavy atom. The van der Waals surface area contributed by atoms with Crippen LogP contribution in [0.1, 0.15) is 49.1 Å². The first-order valence-electron chi connectivity index (χ1n) is 8.00. The summed E-state index contributed by atoms with van der Waals surface area (Å²) in [7, 11) is 0. The highest BCUT2D eigenvalue weighted by molar-refractivity contribution is 7.99. The van der Waals surface area contributed by atoms with Crippen molar-refractivity contribution in [1.29, 1.82) is 0 Å². The third-order valence-electron chi connectivity index (χ3n) is 4.56. The summed E-state index contributed by atoms with van der Waals surface area (Å²) in [5.74, 6) is 2.64. The van der Waals surface area contributed by atoms with Crippen LogP contribution < -0.4 is 10.6 Å². The quantitative estimate of drug-likeness (QED) is 0.898. The molecule has 1 unspecified atom stereocenters. The first-order chi connectivity index (χ1) is 10.3. The highest BCUT2D eigenvalue weighted by Crippen LogP contribution is 2.32. The van der Waals surface area contributed by atoms with Crippen molar-refractivity contribution in [3.8, 4) is 0 Å². The van der Waals surface area contributed by atoms with Gasteiger partial charge in [0.1, 0.15) is 0 Å². The monoisotopic (exact) mass is 304 g/mol. The van der Waals surface area contributed by atoms with E-state index >= 15 is 0 Å². The van der Waals surface area contributed by atoms with Crippen molar-refractivity contribution in [2.45, 2.75) is 50.6 Å². The van der Waals surface area contributed by atoms with Crippen LogP contribution >= 0.6 is 11.8 Å². The molecule has 2 fully saturated rings. The van der Waals surface area contributed by atoms with E-state index in [1.807, 2.05) is 0 Å². The SMILES string of the molecule is O=C(NCc1ccc(C2CCCCC2)cc1)C1CSCN1. The normalized spacial score (nSPS) is 23.1. The van der Waals surface area contributed by atoms with E-state index in [0.29, 0.717) is 6.54 Å². The molecular formula is C17H24N2OS. The van der Waals surface area contributed by atoms with Gasteiger partial charge >= 0.3 is 0 Å². The third-order valence-corrected chi connectivity index (χ3v) is 5.50. The average Bonchev–Trinajstić information content (AvgIpc) is 3.08. The third kappa shape index (κ3) is 4.01. The number of nitrogens with one attached hydrogen (secondary N) is 2. The van der Waals surface area contributed by atoms with Crippen LogP contribution in [0.2, 0.25) is 0 Å². The molecule has 1 saturated heterocycles. The van der Waals surface area contributed by atoms with E-state index in [-0.39, 0.29) is 11.9 Å². The summed E-state index contributed by atoms with van der Waals surface area (Å²) in [6.45, 7) is 0.632. The Labute approximate surface area is 131 Å². The molecule has 114 valence electrons. The van der Waals surface area contributed by atoms with E-state index in [2.05, 4.69) is 34.9 Å². The topological polar surface area (TPSA) is 41.1 Å². The van der Waals surface area contributed by atoms with E-state index in [1.165, 1.54) is 43.2 Å². The van der Waals surface area contributed by atoms with E-state index in [9.17, 15) is 4.79 Å². The van der Waals surface area contributed by atoms with Crippen molar-refractivity contribution in [2.75, 3.05) is 11.6 Å². The summed E-state index contributed by atoms with van der Waals surface area (Å²) in [6.07, 6.45) is 6.81. The predicted molar refractivity (Wildman–Crippen MR) is 88.4 cm³/mol. The van der Waals surface area contributed by atoms with E-state index in [1.54, 1.807) is 11.8 Å². The van der Waals surface area contributed by atoms with Crippen LogP contribution in [0.5, 0.6) is 0 Å². The number of carbonyl (C=O) groups excluding carboxylic acids is 1. The molecule has 3 nitrogen and oxygen atoms in total. The molecule has 0 radical (unpaired) electrons. The number of thioether (sulfide) groups is 1. The molecule has 1 amide bonds.